The lowest BCUT2D eigenvalue weighted by molar-refractivity contribution is -0.169. The Morgan fingerprint density at radius 3 is 2.55 bits per heavy atom. The highest BCUT2D eigenvalue weighted by molar-refractivity contribution is 5.81. The lowest BCUT2D eigenvalue weighted by Gasteiger charge is -2.39. The molecule has 0 bridgehead atoms. The van der Waals surface area contributed by atoms with Crippen molar-refractivity contribution in [2.24, 2.45) is 0 Å². The van der Waals surface area contributed by atoms with E-state index in [1.165, 1.54) is 0 Å². The van der Waals surface area contributed by atoms with E-state index < -0.39 is 5.60 Å². The molecule has 4 heteroatoms. The summed E-state index contributed by atoms with van der Waals surface area (Å²) in [6, 6.07) is 7.40. The molecule has 1 aliphatic rings. The van der Waals surface area contributed by atoms with Gasteiger partial charge >= 0.3 is 5.97 Å². The molecule has 0 amide bonds. The fourth-order valence-corrected chi connectivity index (χ4v) is 2.22. The molecular formula is C16H22O4. The van der Waals surface area contributed by atoms with Crippen LogP contribution in [0.3, 0.4) is 0 Å². The lowest BCUT2D eigenvalue weighted by atomic mass is 9.80. The molecule has 4 nitrogen and oxygen atoms in total. The molecule has 2 rings (SSSR count). The summed E-state index contributed by atoms with van der Waals surface area (Å²) in [6.07, 6.45) is 2.51. The third-order valence-electron chi connectivity index (χ3n) is 3.30. The molecule has 1 aliphatic carbocycles. The summed E-state index contributed by atoms with van der Waals surface area (Å²) in [5, 5.41) is 0. The second-order valence-corrected chi connectivity index (χ2v) is 5.31. The predicted molar refractivity (Wildman–Crippen MR) is 76.0 cm³/mol. The van der Waals surface area contributed by atoms with Gasteiger partial charge in [0.2, 0.25) is 5.60 Å². The Morgan fingerprint density at radius 2 is 2.00 bits per heavy atom. The Labute approximate surface area is 120 Å². The first-order valence-electron chi connectivity index (χ1n) is 7.19. The van der Waals surface area contributed by atoms with Gasteiger partial charge in [-0.3, -0.25) is 0 Å². The number of carbonyl (C=O) groups is 1. The van der Waals surface area contributed by atoms with E-state index in [9.17, 15) is 4.79 Å². The first kappa shape index (κ1) is 14.7. The quantitative estimate of drug-likeness (QED) is 0.749. The number of ether oxygens (including phenoxy) is 3. The van der Waals surface area contributed by atoms with E-state index in [0.717, 1.165) is 12.2 Å². The lowest BCUT2D eigenvalue weighted by Crippen LogP contribution is -2.51. The van der Waals surface area contributed by atoms with Crippen LogP contribution >= 0.6 is 0 Å². The maximum Gasteiger partial charge on any atom is 0.350 e. The summed E-state index contributed by atoms with van der Waals surface area (Å²) in [5.74, 6) is 1.13. The highest BCUT2D eigenvalue weighted by atomic mass is 16.6. The van der Waals surface area contributed by atoms with Crippen molar-refractivity contribution in [3.63, 3.8) is 0 Å². The maximum atomic E-state index is 12.0. The van der Waals surface area contributed by atoms with Crippen LogP contribution in [-0.4, -0.2) is 24.3 Å². The molecule has 0 heterocycles. The first-order chi connectivity index (χ1) is 9.55. The van der Waals surface area contributed by atoms with Gasteiger partial charge in [-0.1, -0.05) is 6.07 Å². The van der Waals surface area contributed by atoms with Crippen molar-refractivity contribution in [2.75, 3.05) is 6.61 Å². The van der Waals surface area contributed by atoms with E-state index in [2.05, 4.69) is 0 Å². The Balaban J connectivity index is 2.09. The highest BCUT2D eigenvalue weighted by Gasteiger charge is 2.48. The van der Waals surface area contributed by atoms with Crippen LogP contribution in [0.4, 0.5) is 0 Å². The Kier molecular flexibility index (Phi) is 4.53. The predicted octanol–water partition coefficient (Wildman–Crippen LogP) is 3.34. The molecule has 0 unspecified atom stereocenters. The molecule has 1 fully saturated rings. The molecule has 0 N–H and O–H groups in total. The molecule has 110 valence electrons. The van der Waals surface area contributed by atoms with E-state index in [0.29, 0.717) is 25.2 Å². The minimum atomic E-state index is -0.799. The van der Waals surface area contributed by atoms with Crippen LogP contribution in [0.2, 0.25) is 0 Å². The van der Waals surface area contributed by atoms with Crippen LogP contribution in [0.25, 0.3) is 0 Å². The van der Waals surface area contributed by atoms with E-state index in [4.69, 9.17) is 14.2 Å². The third-order valence-corrected chi connectivity index (χ3v) is 3.30. The molecule has 0 radical (unpaired) electrons. The summed E-state index contributed by atoms with van der Waals surface area (Å²) in [7, 11) is 0. The summed E-state index contributed by atoms with van der Waals surface area (Å²) in [4.78, 5) is 12.0. The van der Waals surface area contributed by atoms with Crippen molar-refractivity contribution < 1.29 is 19.0 Å². The van der Waals surface area contributed by atoms with E-state index in [-0.39, 0.29) is 12.1 Å². The van der Waals surface area contributed by atoms with Gasteiger partial charge in [0, 0.05) is 6.07 Å². The van der Waals surface area contributed by atoms with E-state index >= 15 is 0 Å². The summed E-state index contributed by atoms with van der Waals surface area (Å²) in [6.45, 7) is 6.13. The minimum Gasteiger partial charge on any atom is -0.491 e. The normalized spacial score (nSPS) is 16.4. The van der Waals surface area contributed by atoms with Crippen molar-refractivity contribution in [1.82, 2.24) is 0 Å². The number of carbonyl (C=O) groups excluding carboxylic acids is 1. The van der Waals surface area contributed by atoms with Gasteiger partial charge in [-0.2, -0.15) is 0 Å². The van der Waals surface area contributed by atoms with Crippen LogP contribution in [0.5, 0.6) is 11.5 Å². The van der Waals surface area contributed by atoms with Gasteiger partial charge in [-0.25, -0.2) is 4.79 Å². The molecule has 1 aromatic rings. The van der Waals surface area contributed by atoms with Crippen LogP contribution in [0.1, 0.15) is 40.0 Å². The third kappa shape index (κ3) is 3.24. The van der Waals surface area contributed by atoms with Crippen LogP contribution in [0, 0.1) is 0 Å². The number of hydrogen-bond acceptors (Lipinski definition) is 4. The average molecular weight is 278 g/mol. The zero-order valence-electron chi connectivity index (χ0n) is 12.3. The fourth-order valence-electron chi connectivity index (χ4n) is 2.22. The monoisotopic (exact) mass is 278 g/mol. The van der Waals surface area contributed by atoms with Gasteiger partial charge < -0.3 is 14.2 Å². The number of rotatable bonds is 6. The molecular weight excluding hydrogens is 256 g/mol. The largest absolute Gasteiger partial charge is 0.491 e. The molecule has 0 saturated heterocycles. The van der Waals surface area contributed by atoms with Crippen LogP contribution < -0.4 is 9.47 Å². The Bertz CT molecular complexity index is 463. The molecule has 0 aromatic heterocycles. The first-order valence-corrected chi connectivity index (χ1v) is 7.19. The second-order valence-electron chi connectivity index (χ2n) is 5.31. The second kappa shape index (κ2) is 6.16. The Morgan fingerprint density at radius 1 is 1.30 bits per heavy atom. The van der Waals surface area contributed by atoms with Crippen molar-refractivity contribution in [1.29, 1.82) is 0 Å². The summed E-state index contributed by atoms with van der Waals surface area (Å²) < 4.78 is 16.7. The van der Waals surface area contributed by atoms with E-state index in [1.54, 1.807) is 6.92 Å². The fraction of sp³-hybridized carbons (Fsp3) is 0.562. The standard InChI is InChI=1S/C16H22O4/c1-4-18-15(17)16(9-6-10-16)20-14-8-5-7-13(11-14)19-12(2)3/h5,7-8,11-12H,4,6,9-10H2,1-3H3. The minimum absolute atomic E-state index is 0.105. The molecule has 0 spiro atoms. The van der Waals surface area contributed by atoms with Crippen molar-refractivity contribution in [3.05, 3.63) is 24.3 Å². The summed E-state index contributed by atoms with van der Waals surface area (Å²) in [5.41, 5.74) is -0.799. The van der Waals surface area contributed by atoms with Gasteiger partial charge in [0.05, 0.1) is 12.7 Å². The molecule has 1 saturated carbocycles. The van der Waals surface area contributed by atoms with Crippen molar-refractivity contribution >= 4 is 5.97 Å². The molecule has 20 heavy (non-hydrogen) atoms. The number of benzene rings is 1. The van der Waals surface area contributed by atoms with Crippen LogP contribution in [0.15, 0.2) is 24.3 Å². The van der Waals surface area contributed by atoms with Gasteiger partial charge in [0.25, 0.3) is 0 Å². The van der Waals surface area contributed by atoms with Crippen molar-refractivity contribution in [2.45, 2.75) is 51.7 Å². The summed E-state index contributed by atoms with van der Waals surface area (Å²) >= 11 is 0. The van der Waals surface area contributed by atoms with Crippen LogP contribution in [-0.2, 0) is 9.53 Å². The maximum absolute atomic E-state index is 12.0. The van der Waals surface area contributed by atoms with Gasteiger partial charge in [-0.05, 0) is 52.2 Å². The average Bonchev–Trinajstić information content (AvgIpc) is 2.33. The number of esters is 1. The molecule has 1 aromatic carbocycles. The van der Waals surface area contributed by atoms with Crippen molar-refractivity contribution in [3.8, 4) is 11.5 Å². The zero-order chi connectivity index (χ0) is 14.6. The van der Waals surface area contributed by atoms with Gasteiger partial charge in [0.15, 0.2) is 0 Å². The highest BCUT2D eigenvalue weighted by Crippen LogP contribution is 2.38. The molecule has 0 aliphatic heterocycles. The number of hydrogen-bond donors (Lipinski definition) is 0. The smallest absolute Gasteiger partial charge is 0.350 e. The Hall–Kier alpha value is -1.71. The zero-order valence-corrected chi connectivity index (χ0v) is 12.3. The van der Waals surface area contributed by atoms with Gasteiger partial charge in [-0.15, -0.1) is 0 Å². The van der Waals surface area contributed by atoms with Gasteiger partial charge in [0.1, 0.15) is 11.5 Å². The SMILES string of the molecule is CCOC(=O)C1(Oc2cccc(OC(C)C)c2)CCC1. The topological polar surface area (TPSA) is 44.8 Å². The van der Waals surface area contributed by atoms with E-state index in [1.807, 2.05) is 38.1 Å². The molecule has 0 atom stereocenters.